The van der Waals surface area contributed by atoms with Crippen molar-refractivity contribution in [2.24, 2.45) is 5.92 Å². The Balaban J connectivity index is 1.97. The second kappa shape index (κ2) is 5.91. The van der Waals surface area contributed by atoms with Gasteiger partial charge in [0.25, 0.3) is 5.56 Å². The van der Waals surface area contributed by atoms with Crippen LogP contribution in [0, 0.1) is 9.49 Å². The number of rotatable bonds is 4. The molecule has 1 aromatic heterocycles. The van der Waals surface area contributed by atoms with Gasteiger partial charge in [-0.25, -0.2) is 4.98 Å². The zero-order valence-electron chi connectivity index (χ0n) is 12.3. The molecule has 1 aliphatic rings. The molecule has 1 aromatic carbocycles. The fraction of sp³-hybridized carbons (Fsp3) is 0.412. The molecular formula is C17H19IN2O. The summed E-state index contributed by atoms with van der Waals surface area (Å²) < 4.78 is 0.708. The van der Waals surface area contributed by atoms with E-state index in [0.29, 0.717) is 15.3 Å². The average molecular weight is 394 g/mol. The van der Waals surface area contributed by atoms with Crippen molar-refractivity contribution in [2.75, 3.05) is 0 Å². The normalized spacial score (nSPS) is 14.7. The van der Waals surface area contributed by atoms with Crippen molar-refractivity contribution in [1.29, 1.82) is 0 Å². The maximum absolute atomic E-state index is 12.1. The summed E-state index contributed by atoms with van der Waals surface area (Å²) in [6.45, 7) is 4.28. The van der Waals surface area contributed by atoms with Gasteiger partial charge in [-0.05, 0) is 59.3 Å². The van der Waals surface area contributed by atoms with Crippen LogP contribution >= 0.6 is 22.6 Å². The maximum atomic E-state index is 12.1. The molecule has 1 aliphatic carbocycles. The van der Waals surface area contributed by atoms with Crippen molar-refractivity contribution in [3.05, 3.63) is 49.4 Å². The second-order valence-corrected chi connectivity index (χ2v) is 7.25. The Morgan fingerprint density at radius 2 is 1.95 bits per heavy atom. The standard InChI is InChI=1S/C17H19IN2O/c1-10(2)9-14-15(18)17(21)20-16(19-14)13-7-5-12(6-8-13)11-3-4-11/h5-8,10-11H,3-4,9H2,1-2H3,(H,19,20,21). The summed E-state index contributed by atoms with van der Waals surface area (Å²) in [4.78, 5) is 19.7. The van der Waals surface area contributed by atoms with Gasteiger partial charge in [0.05, 0.1) is 9.26 Å². The molecule has 0 spiro atoms. The summed E-state index contributed by atoms with van der Waals surface area (Å²) in [6, 6.07) is 8.45. The highest BCUT2D eigenvalue weighted by Gasteiger charge is 2.23. The van der Waals surface area contributed by atoms with Gasteiger partial charge in [-0.3, -0.25) is 4.79 Å². The molecule has 1 fully saturated rings. The summed E-state index contributed by atoms with van der Waals surface area (Å²) in [6.07, 6.45) is 3.43. The topological polar surface area (TPSA) is 45.8 Å². The van der Waals surface area contributed by atoms with Gasteiger partial charge in [0, 0.05) is 5.56 Å². The van der Waals surface area contributed by atoms with Crippen molar-refractivity contribution in [3.8, 4) is 11.4 Å². The first-order valence-corrected chi connectivity index (χ1v) is 8.51. The number of hydrogen-bond donors (Lipinski definition) is 1. The van der Waals surface area contributed by atoms with Crippen LogP contribution in [-0.4, -0.2) is 9.97 Å². The molecule has 0 aliphatic heterocycles. The van der Waals surface area contributed by atoms with Gasteiger partial charge in [-0.1, -0.05) is 38.1 Å². The lowest BCUT2D eigenvalue weighted by Crippen LogP contribution is -2.17. The number of aromatic nitrogens is 2. The Hall–Kier alpha value is -1.17. The number of hydrogen-bond acceptors (Lipinski definition) is 2. The minimum atomic E-state index is -0.0393. The maximum Gasteiger partial charge on any atom is 0.264 e. The van der Waals surface area contributed by atoms with Crippen LogP contribution in [0.3, 0.4) is 0 Å². The van der Waals surface area contributed by atoms with Gasteiger partial charge in [0.1, 0.15) is 5.82 Å². The van der Waals surface area contributed by atoms with Crippen LogP contribution in [0.25, 0.3) is 11.4 Å². The zero-order valence-corrected chi connectivity index (χ0v) is 14.5. The van der Waals surface area contributed by atoms with Gasteiger partial charge in [-0.2, -0.15) is 0 Å². The first-order chi connectivity index (χ1) is 10.0. The lowest BCUT2D eigenvalue weighted by molar-refractivity contribution is 0.631. The number of H-pyrrole nitrogens is 1. The van der Waals surface area contributed by atoms with E-state index in [2.05, 4.69) is 70.7 Å². The van der Waals surface area contributed by atoms with E-state index in [-0.39, 0.29) is 5.56 Å². The Morgan fingerprint density at radius 3 is 2.52 bits per heavy atom. The molecule has 1 N–H and O–H groups in total. The van der Waals surface area contributed by atoms with Gasteiger partial charge < -0.3 is 4.98 Å². The molecule has 0 bridgehead atoms. The van der Waals surface area contributed by atoms with E-state index >= 15 is 0 Å². The molecule has 1 heterocycles. The number of benzene rings is 1. The Morgan fingerprint density at radius 1 is 1.29 bits per heavy atom. The Labute approximate surface area is 138 Å². The van der Waals surface area contributed by atoms with Gasteiger partial charge >= 0.3 is 0 Å². The third-order valence-corrected chi connectivity index (χ3v) is 4.88. The van der Waals surface area contributed by atoms with Crippen molar-refractivity contribution in [3.63, 3.8) is 0 Å². The number of halogens is 1. The molecule has 0 amide bonds. The molecule has 4 heteroatoms. The van der Waals surface area contributed by atoms with Crippen LogP contribution in [0.4, 0.5) is 0 Å². The van der Waals surface area contributed by atoms with Gasteiger partial charge in [0.2, 0.25) is 0 Å². The predicted octanol–water partition coefficient (Wildman–Crippen LogP) is 4.12. The molecule has 21 heavy (non-hydrogen) atoms. The van der Waals surface area contributed by atoms with Crippen LogP contribution < -0.4 is 5.56 Å². The molecule has 110 valence electrons. The molecule has 3 nitrogen and oxygen atoms in total. The molecule has 2 aromatic rings. The van der Waals surface area contributed by atoms with E-state index in [9.17, 15) is 4.79 Å². The van der Waals surface area contributed by atoms with Crippen molar-refractivity contribution in [1.82, 2.24) is 9.97 Å². The lowest BCUT2D eigenvalue weighted by atomic mass is 10.1. The Kier molecular flexibility index (Phi) is 4.15. The molecule has 0 radical (unpaired) electrons. The van der Waals surface area contributed by atoms with Crippen LogP contribution in [-0.2, 0) is 6.42 Å². The highest BCUT2D eigenvalue weighted by Crippen LogP contribution is 2.40. The van der Waals surface area contributed by atoms with E-state index in [1.54, 1.807) is 0 Å². The molecule has 0 atom stereocenters. The number of aromatic amines is 1. The van der Waals surface area contributed by atoms with E-state index in [0.717, 1.165) is 23.6 Å². The predicted molar refractivity (Wildman–Crippen MR) is 93.5 cm³/mol. The molecule has 1 saturated carbocycles. The summed E-state index contributed by atoms with van der Waals surface area (Å²) in [5.74, 6) is 1.91. The SMILES string of the molecule is CC(C)Cc1nc(-c2ccc(C3CC3)cc2)[nH]c(=O)c1I. The molecule has 0 saturated heterocycles. The van der Waals surface area contributed by atoms with Crippen LogP contribution in [0.1, 0.15) is 43.9 Å². The summed E-state index contributed by atoms with van der Waals surface area (Å²) in [5.41, 5.74) is 3.24. The van der Waals surface area contributed by atoms with E-state index in [1.807, 2.05) is 0 Å². The van der Waals surface area contributed by atoms with Gasteiger partial charge in [0.15, 0.2) is 0 Å². The molecular weight excluding hydrogens is 375 g/mol. The third kappa shape index (κ3) is 3.36. The minimum absolute atomic E-state index is 0.0393. The minimum Gasteiger partial charge on any atom is -0.306 e. The first-order valence-electron chi connectivity index (χ1n) is 7.43. The van der Waals surface area contributed by atoms with Crippen molar-refractivity contribution >= 4 is 22.6 Å². The highest BCUT2D eigenvalue weighted by molar-refractivity contribution is 14.1. The van der Waals surface area contributed by atoms with Crippen LogP contribution in [0.15, 0.2) is 29.1 Å². The number of nitrogens with one attached hydrogen (secondary N) is 1. The Bertz CT molecular complexity index is 700. The third-order valence-electron chi connectivity index (χ3n) is 3.77. The number of nitrogens with zero attached hydrogens (tertiary/aromatic N) is 1. The van der Waals surface area contributed by atoms with Crippen molar-refractivity contribution in [2.45, 2.75) is 39.0 Å². The van der Waals surface area contributed by atoms with E-state index < -0.39 is 0 Å². The largest absolute Gasteiger partial charge is 0.306 e. The zero-order chi connectivity index (χ0) is 15.0. The van der Waals surface area contributed by atoms with E-state index in [4.69, 9.17) is 0 Å². The van der Waals surface area contributed by atoms with Gasteiger partial charge in [-0.15, -0.1) is 0 Å². The summed E-state index contributed by atoms with van der Waals surface area (Å²) in [5, 5.41) is 0. The molecule has 0 unspecified atom stereocenters. The lowest BCUT2D eigenvalue weighted by Gasteiger charge is -2.09. The van der Waals surface area contributed by atoms with Crippen molar-refractivity contribution < 1.29 is 0 Å². The fourth-order valence-electron chi connectivity index (χ4n) is 2.49. The molecule has 3 rings (SSSR count). The first kappa shape index (κ1) is 14.8. The summed E-state index contributed by atoms with van der Waals surface area (Å²) >= 11 is 2.09. The average Bonchev–Trinajstić information content (AvgIpc) is 3.28. The monoisotopic (exact) mass is 394 g/mol. The second-order valence-electron chi connectivity index (χ2n) is 6.17. The smallest absolute Gasteiger partial charge is 0.264 e. The van der Waals surface area contributed by atoms with Crippen LogP contribution in [0.2, 0.25) is 0 Å². The van der Waals surface area contributed by atoms with Crippen LogP contribution in [0.5, 0.6) is 0 Å². The van der Waals surface area contributed by atoms with E-state index in [1.165, 1.54) is 18.4 Å². The highest BCUT2D eigenvalue weighted by atomic mass is 127. The fourth-order valence-corrected chi connectivity index (χ4v) is 2.97. The summed E-state index contributed by atoms with van der Waals surface area (Å²) in [7, 11) is 0. The quantitative estimate of drug-likeness (QED) is 0.794.